The molecular weight excluding hydrogens is 202 g/mol. The third kappa shape index (κ3) is 1.43. The molecule has 0 unspecified atom stereocenters. The van der Waals surface area contributed by atoms with E-state index in [9.17, 15) is 0 Å². The Morgan fingerprint density at radius 2 is 2.00 bits per heavy atom. The fourth-order valence-electron chi connectivity index (χ4n) is 2.28. The van der Waals surface area contributed by atoms with Crippen molar-refractivity contribution in [2.75, 3.05) is 6.61 Å². The first-order valence-corrected chi connectivity index (χ1v) is 5.67. The van der Waals surface area contributed by atoms with Gasteiger partial charge in [0.05, 0.1) is 18.2 Å². The zero-order chi connectivity index (χ0) is 11.1. The molecule has 1 aromatic rings. The number of aryl methyl sites for hydroxylation is 1. The van der Waals surface area contributed by atoms with Crippen LogP contribution in [0.5, 0.6) is 0 Å². The minimum absolute atomic E-state index is 0.00412. The molecule has 2 heterocycles. The number of hydrogen-bond acceptors (Lipinski definition) is 3. The normalized spacial score (nSPS) is 32.1. The average molecular weight is 217 g/mol. The Hall–Kier alpha value is -1.35. The van der Waals surface area contributed by atoms with Gasteiger partial charge in [0.1, 0.15) is 12.2 Å². The van der Waals surface area contributed by atoms with Crippen molar-refractivity contribution in [3.63, 3.8) is 0 Å². The molecule has 0 N–H and O–H groups in total. The molecule has 1 aromatic carbocycles. The lowest BCUT2D eigenvalue weighted by Gasteiger charge is -2.09. The maximum absolute atomic E-state index is 5.81. The molecule has 84 valence electrons. The molecule has 0 spiro atoms. The van der Waals surface area contributed by atoms with Crippen LogP contribution in [0, 0.1) is 12.8 Å². The van der Waals surface area contributed by atoms with Gasteiger partial charge in [-0.1, -0.05) is 35.0 Å². The Kier molecular flexibility index (Phi) is 2.21. The summed E-state index contributed by atoms with van der Waals surface area (Å²) in [5.41, 5.74) is 3.48. The van der Waals surface area contributed by atoms with Crippen LogP contribution in [0.1, 0.15) is 24.2 Å². The van der Waals surface area contributed by atoms with E-state index in [4.69, 9.17) is 9.57 Å². The van der Waals surface area contributed by atoms with E-state index in [2.05, 4.69) is 36.3 Å². The molecule has 1 saturated heterocycles. The van der Waals surface area contributed by atoms with Crippen LogP contribution in [0.25, 0.3) is 0 Å². The first-order chi connectivity index (χ1) is 7.75. The molecule has 0 saturated carbocycles. The summed E-state index contributed by atoms with van der Waals surface area (Å²) in [4.78, 5) is 5.30. The van der Waals surface area contributed by atoms with Crippen LogP contribution in [0.2, 0.25) is 0 Å². The molecular formula is C13H15NO2. The second-order valence-electron chi connectivity index (χ2n) is 4.56. The van der Waals surface area contributed by atoms with Crippen LogP contribution in [0.3, 0.4) is 0 Å². The van der Waals surface area contributed by atoms with Gasteiger partial charge in [-0.3, -0.25) is 0 Å². The minimum atomic E-state index is -0.00412. The van der Waals surface area contributed by atoms with E-state index < -0.39 is 0 Å². The molecule has 16 heavy (non-hydrogen) atoms. The van der Waals surface area contributed by atoms with Crippen LogP contribution in [-0.2, 0) is 9.57 Å². The van der Waals surface area contributed by atoms with Gasteiger partial charge in [-0.25, -0.2) is 0 Å². The zero-order valence-electron chi connectivity index (χ0n) is 9.51. The van der Waals surface area contributed by atoms with E-state index >= 15 is 0 Å². The molecule has 0 amide bonds. The molecule has 0 aromatic heterocycles. The van der Waals surface area contributed by atoms with Gasteiger partial charge in [-0.15, -0.1) is 0 Å². The SMILES string of the molecule is Cc1ccc([C@H]2OC[C@H]3C2=NO[C@@H]3C)cc1. The monoisotopic (exact) mass is 217 g/mol. The third-order valence-electron chi connectivity index (χ3n) is 3.36. The Morgan fingerprint density at radius 1 is 1.25 bits per heavy atom. The van der Waals surface area contributed by atoms with Crippen molar-refractivity contribution >= 4 is 5.71 Å². The highest BCUT2D eigenvalue weighted by atomic mass is 16.7. The zero-order valence-corrected chi connectivity index (χ0v) is 9.51. The smallest absolute Gasteiger partial charge is 0.135 e. The number of hydrogen-bond donors (Lipinski definition) is 0. The lowest BCUT2D eigenvalue weighted by molar-refractivity contribution is 0.0350. The van der Waals surface area contributed by atoms with E-state index in [1.54, 1.807) is 0 Å². The van der Waals surface area contributed by atoms with E-state index in [1.807, 2.05) is 6.92 Å². The van der Waals surface area contributed by atoms with Crippen molar-refractivity contribution in [2.45, 2.75) is 26.1 Å². The standard InChI is InChI=1S/C13H15NO2/c1-8-3-5-10(6-4-8)13-12-11(7-15-13)9(2)16-14-12/h3-6,9,11,13H,7H2,1-2H3/t9-,11-,13-/m1/s1. The molecule has 0 aliphatic carbocycles. The molecule has 3 heteroatoms. The van der Waals surface area contributed by atoms with Crippen molar-refractivity contribution in [2.24, 2.45) is 11.1 Å². The molecule has 3 rings (SSSR count). The molecule has 2 aliphatic heterocycles. The van der Waals surface area contributed by atoms with E-state index in [0.717, 1.165) is 12.3 Å². The number of ether oxygens (including phenoxy) is 1. The molecule has 3 atom stereocenters. The molecule has 2 aliphatic rings. The number of nitrogens with zero attached hydrogens (tertiary/aromatic N) is 1. The van der Waals surface area contributed by atoms with Gasteiger partial charge < -0.3 is 9.57 Å². The van der Waals surface area contributed by atoms with E-state index in [0.29, 0.717) is 5.92 Å². The summed E-state index contributed by atoms with van der Waals surface area (Å²) in [7, 11) is 0. The Morgan fingerprint density at radius 3 is 2.75 bits per heavy atom. The Labute approximate surface area is 95.1 Å². The Balaban J connectivity index is 1.89. The second-order valence-corrected chi connectivity index (χ2v) is 4.56. The van der Waals surface area contributed by atoms with Crippen molar-refractivity contribution in [3.8, 4) is 0 Å². The third-order valence-corrected chi connectivity index (χ3v) is 3.36. The van der Waals surface area contributed by atoms with Gasteiger partial charge in [-0.05, 0) is 19.4 Å². The minimum Gasteiger partial charge on any atom is -0.392 e. The van der Waals surface area contributed by atoms with Gasteiger partial charge in [0, 0.05) is 0 Å². The van der Waals surface area contributed by atoms with Crippen molar-refractivity contribution in [3.05, 3.63) is 35.4 Å². The number of oxime groups is 1. The van der Waals surface area contributed by atoms with Crippen LogP contribution in [-0.4, -0.2) is 18.4 Å². The Bertz CT molecular complexity index is 424. The van der Waals surface area contributed by atoms with Crippen LogP contribution in [0.15, 0.2) is 29.4 Å². The fourth-order valence-corrected chi connectivity index (χ4v) is 2.28. The van der Waals surface area contributed by atoms with Gasteiger partial charge in [-0.2, -0.15) is 0 Å². The topological polar surface area (TPSA) is 30.8 Å². The first kappa shape index (κ1) is 9.85. The highest BCUT2D eigenvalue weighted by Crippen LogP contribution is 2.36. The molecule has 1 fully saturated rings. The van der Waals surface area contributed by atoms with Crippen molar-refractivity contribution in [1.82, 2.24) is 0 Å². The van der Waals surface area contributed by atoms with Crippen LogP contribution >= 0.6 is 0 Å². The van der Waals surface area contributed by atoms with Crippen molar-refractivity contribution < 1.29 is 9.57 Å². The van der Waals surface area contributed by atoms with Gasteiger partial charge in [0.15, 0.2) is 0 Å². The summed E-state index contributed by atoms with van der Waals surface area (Å²) in [6.07, 6.45) is 0.154. The lowest BCUT2D eigenvalue weighted by atomic mass is 9.95. The summed E-state index contributed by atoms with van der Waals surface area (Å²) in [6.45, 7) is 4.85. The number of rotatable bonds is 1. The second kappa shape index (κ2) is 3.59. The predicted octanol–water partition coefficient (Wildman–Crippen LogP) is 2.46. The lowest BCUT2D eigenvalue weighted by Crippen LogP contribution is -2.19. The molecule has 0 radical (unpaired) electrons. The molecule has 3 nitrogen and oxygen atoms in total. The van der Waals surface area contributed by atoms with Crippen molar-refractivity contribution in [1.29, 1.82) is 0 Å². The summed E-state index contributed by atoms with van der Waals surface area (Å²) in [5.74, 6) is 0.339. The first-order valence-electron chi connectivity index (χ1n) is 5.67. The predicted molar refractivity (Wildman–Crippen MR) is 61.3 cm³/mol. The van der Waals surface area contributed by atoms with E-state index in [-0.39, 0.29) is 12.2 Å². The fraction of sp³-hybridized carbons (Fsp3) is 0.462. The summed E-state index contributed by atoms with van der Waals surface area (Å²) < 4.78 is 5.81. The van der Waals surface area contributed by atoms with Gasteiger partial charge in [0.2, 0.25) is 0 Å². The quantitative estimate of drug-likeness (QED) is 0.723. The van der Waals surface area contributed by atoms with Crippen LogP contribution < -0.4 is 0 Å². The van der Waals surface area contributed by atoms with Gasteiger partial charge in [0.25, 0.3) is 0 Å². The molecule has 0 bridgehead atoms. The summed E-state index contributed by atoms with van der Waals surface area (Å²) in [6, 6.07) is 8.42. The maximum Gasteiger partial charge on any atom is 0.135 e. The van der Waals surface area contributed by atoms with E-state index in [1.165, 1.54) is 11.1 Å². The highest BCUT2D eigenvalue weighted by Gasteiger charge is 2.42. The number of fused-ring (bicyclic) bond motifs is 1. The highest BCUT2D eigenvalue weighted by molar-refractivity contribution is 5.94. The number of benzene rings is 1. The summed E-state index contributed by atoms with van der Waals surface area (Å²) >= 11 is 0. The average Bonchev–Trinajstić information content (AvgIpc) is 2.84. The summed E-state index contributed by atoms with van der Waals surface area (Å²) in [5, 5.41) is 4.15. The van der Waals surface area contributed by atoms with Gasteiger partial charge >= 0.3 is 0 Å². The maximum atomic E-state index is 5.81. The van der Waals surface area contributed by atoms with Crippen LogP contribution in [0.4, 0.5) is 0 Å². The largest absolute Gasteiger partial charge is 0.392 e.